The Bertz CT molecular complexity index is 859. The Balaban J connectivity index is 1.77. The number of methoxy groups -OCH3 is 2. The van der Waals surface area contributed by atoms with E-state index in [1.54, 1.807) is 26.0 Å². The third-order valence-corrected chi connectivity index (χ3v) is 5.79. The molecule has 2 atom stereocenters. The normalized spacial score (nSPS) is 18.3. The van der Waals surface area contributed by atoms with Crippen LogP contribution >= 0.6 is 11.8 Å². The van der Waals surface area contributed by atoms with E-state index in [-0.39, 0.29) is 12.0 Å². The molecule has 1 fully saturated rings. The molecule has 1 aliphatic rings. The number of hydrogen-bond acceptors (Lipinski definition) is 7. The summed E-state index contributed by atoms with van der Waals surface area (Å²) in [6.45, 7) is 2.69. The summed E-state index contributed by atoms with van der Waals surface area (Å²) in [6.07, 6.45) is 0. The van der Waals surface area contributed by atoms with Gasteiger partial charge in [-0.15, -0.1) is 11.8 Å². The molecule has 2 aromatic carbocycles. The molecule has 0 amide bonds. The molecule has 8 heteroatoms. The van der Waals surface area contributed by atoms with Gasteiger partial charge in [-0.2, -0.15) is 0 Å². The summed E-state index contributed by atoms with van der Waals surface area (Å²) in [5.41, 5.74) is 1.81. The van der Waals surface area contributed by atoms with Gasteiger partial charge >= 0.3 is 5.97 Å². The maximum absolute atomic E-state index is 11.2. The highest BCUT2D eigenvalue weighted by atomic mass is 32.2. The zero-order chi connectivity index (χ0) is 20.8. The number of carboxylic acid groups (broad SMARTS) is 1. The molecule has 0 saturated carbocycles. The van der Waals surface area contributed by atoms with Gasteiger partial charge in [-0.25, -0.2) is 0 Å². The maximum Gasteiger partial charge on any atom is 0.321 e. The van der Waals surface area contributed by atoms with E-state index < -0.39 is 12.0 Å². The molecule has 7 nitrogen and oxygen atoms in total. The molecule has 156 valence electrons. The molecule has 2 N–H and O–H groups in total. The summed E-state index contributed by atoms with van der Waals surface area (Å²) in [7, 11) is 3.23. The fraction of sp³-hybridized carbons (Fsp3) is 0.381. The number of thioether (sulfide) groups is 1. The van der Waals surface area contributed by atoms with Crippen LogP contribution in [-0.4, -0.2) is 43.7 Å². The van der Waals surface area contributed by atoms with E-state index in [0.717, 1.165) is 16.9 Å². The Hall–Kier alpha value is -2.58. The number of carbonyl (C=O) groups is 1. The van der Waals surface area contributed by atoms with Gasteiger partial charge in [0.15, 0.2) is 11.5 Å². The van der Waals surface area contributed by atoms with Gasteiger partial charge in [-0.05, 0) is 42.8 Å². The number of carboxylic acids is 1. The topological polar surface area (TPSA) is 86.3 Å². The minimum Gasteiger partial charge on any atom is -0.497 e. The predicted molar refractivity (Wildman–Crippen MR) is 111 cm³/mol. The summed E-state index contributed by atoms with van der Waals surface area (Å²) in [6, 6.07) is 10.7. The molecule has 1 saturated heterocycles. The molecule has 0 bridgehead atoms. The molecule has 3 rings (SSSR count). The number of rotatable bonds is 9. The molecule has 0 unspecified atom stereocenters. The first-order chi connectivity index (χ1) is 14.0. The van der Waals surface area contributed by atoms with Crippen LogP contribution in [0.15, 0.2) is 36.4 Å². The first kappa shape index (κ1) is 21.1. The summed E-state index contributed by atoms with van der Waals surface area (Å²) < 4.78 is 22.5. The van der Waals surface area contributed by atoms with Crippen molar-refractivity contribution in [1.82, 2.24) is 5.32 Å². The second-order valence-electron chi connectivity index (χ2n) is 6.38. The standard InChI is InChI=1S/C21H25NO6S/c1-4-27-19-10-13(20-22-16(12-29-20)21(23)24)5-7-18(19)28-11-14-9-15(25-2)6-8-17(14)26-3/h5-10,16,20,22H,4,11-12H2,1-3H3,(H,23,24)/t16-,20+/m1/s1. The molecule has 2 aromatic rings. The number of nitrogens with one attached hydrogen (secondary N) is 1. The lowest BCUT2D eigenvalue weighted by atomic mass is 10.1. The summed E-state index contributed by atoms with van der Waals surface area (Å²) in [4.78, 5) is 11.2. The molecule has 0 aliphatic carbocycles. The SMILES string of the molecule is CCOc1cc([C@H]2N[C@@H](C(=O)O)CS2)ccc1OCc1cc(OC)ccc1OC. The lowest BCUT2D eigenvalue weighted by molar-refractivity contribution is -0.138. The van der Waals surface area contributed by atoms with Gasteiger partial charge in [0.25, 0.3) is 0 Å². The van der Waals surface area contributed by atoms with Crippen molar-refractivity contribution in [3.8, 4) is 23.0 Å². The smallest absolute Gasteiger partial charge is 0.321 e. The van der Waals surface area contributed by atoms with Gasteiger partial charge < -0.3 is 24.1 Å². The Morgan fingerprint density at radius 2 is 1.90 bits per heavy atom. The van der Waals surface area contributed by atoms with Crippen molar-refractivity contribution in [3.63, 3.8) is 0 Å². The van der Waals surface area contributed by atoms with E-state index in [1.807, 2.05) is 43.3 Å². The minimum absolute atomic E-state index is 0.0946. The van der Waals surface area contributed by atoms with Crippen LogP contribution in [0.4, 0.5) is 0 Å². The molecule has 29 heavy (non-hydrogen) atoms. The number of hydrogen-bond donors (Lipinski definition) is 2. The first-order valence-electron chi connectivity index (χ1n) is 9.26. The van der Waals surface area contributed by atoms with Crippen molar-refractivity contribution in [2.45, 2.75) is 24.9 Å². The quantitative estimate of drug-likeness (QED) is 0.639. The molecule has 1 heterocycles. The fourth-order valence-corrected chi connectivity index (χ4v) is 4.26. The van der Waals surface area contributed by atoms with Crippen molar-refractivity contribution >= 4 is 17.7 Å². The zero-order valence-corrected chi connectivity index (χ0v) is 17.5. The van der Waals surface area contributed by atoms with Crippen molar-refractivity contribution < 1.29 is 28.8 Å². The van der Waals surface area contributed by atoms with Crippen LogP contribution in [0.5, 0.6) is 23.0 Å². The number of benzene rings is 2. The van der Waals surface area contributed by atoms with Crippen molar-refractivity contribution in [3.05, 3.63) is 47.5 Å². The maximum atomic E-state index is 11.2. The van der Waals surface area contributed by atoms with Gasteiger partial charge in [0.05, 0.1) is 26.2 Å². The zero-order valence-electron chi connectivity index (χ0n) is 16.6. The molecular formula is C21H25NO6S. The van der Waals surface area contributed by atoms with Crippen molar-refractivity contribution in [1.29, 1.82) is 0 Å². The lowest BCUT2D eigenvalue weighted by Gasteiger charge is -2.17. The van der Waals surface area contributed by atoms with Crippen LogP contribution in [0.3, 0.4) is 0 Å². The van der Waals surface area contributed by atoms with E-state index in [2.05, 4.69) is 5.32 Å². The summed E-state index contributed by atoms with van der Waals surface area (Å²) >= 11 is 1.57. The highest BCUT2D eigenvalue weighted by Crippen LogP contribution is 2.38. The minimum atomic E-state index is -0.836. The Morgan fingerprint density at radius 1 is 1.10 bits per heavy atom. The van der Waals surface area contributed by atoms with Gasteiger partial charge in [-0.1, -0.05) is 6.07 Å². The number of aliphatic carboxylic acids is 1. The molecular weight excluding hydrogens is 394 g/mol. The van der Waals surface area contributed by atoms with Gasteiger partial charge in [0, 0.05) is 11.3 Å². The largest absolute Gasteiger partial charge is 0.497 e. The summed E-state index contributed by atoms with van der Waals surface area (Å²) in [5, 5.41) is 12.2. The van der Waals surface area contributed by atoms with E-state index >= 15 is 0 Å². The van der Waals surface area contributed by atoms with E-state index in [9.17, 15) is 9.90 Å². The molecule has 0 aromatic heterocycles. The Kier molecular flexibility index (Phi) is 7.11. The third kappa shape index (κ3) is 5.07. The second kappa shape index (κ2) is 9.76. The van der Waals surface area contributed by atoms with Crippen LogP contribution in [0.1, 0.15) is 23.4 Å². The first-order valence-corrected chi connectivity index (χ1v) is 10.3. The van der Waals surface area contributed by atoms with Crippen LogP contribution < -0.4 is 24.3 Å². The third-order valence-electron chi connectivity index (χ3n) is 4.52. The molecule has 0 radical (unpaired) electrons. The van der Waals surface area contributed by atoms with Crippen LogP contribution in [0.2, 0.25) is 0 Å². The van der Waals surface area contributed by atoms with Gasteiger partial charge in [-0.3, -0.25) is 10.1 Å². The lowest BCUT2D eigenvalue weighted by Crippen LogP contribution is -2.33. The Morgan fingerprint density at radius 3 is 2.55 bits per heavy atom. The van der Waals surface area contributed by atoms with E-state index in [0.29, 0.717) is 29.6 Å². The molecule has 1 aliphatic heterocycles. The highest BCUT2D eigenvalue weighted by molar-refractivity contribution is 7.99. The number of ether oxygens (including phenoxy) is 4. The van der Waals surface area contributed by atoms with Crippen LogP contribution in [0, 0.1) is 0 Å². The van der Waals surface area contributed by atoms with Crippen LogP contribution in [-0.2, 0) is 11.4 Å². The monoisotopic (exact) mass is 419 g/mol. The average molecular weight is 419 g/mol. The van der Waals surface area contributed by atoms with Crippen LogP contribution in [0.25, 0.3) is 0 Å². The van der Waals surface area contributed by atoms with Crippen molar-refractivity contribution in [2.24, 2.45) is 0 Å². The van der Waals surface area contributed by atoms with E-state index in [1.165, 1.54) is 0 Å². The van der Waals surface area contributed by atoms with Gasteiger partial charge in [0.2, 0.25) is 0 Å². The average Bonchev–Trinajstić information content (AvgIpc) is 3.23. The van der Waals surface area contributed by atoms with Gasteiger partial charge in [0.1, 0.15) is 24.1 Å². The van der Waals surface area contributed by atoms with E-state index in [4.69, 9.17) is 18.9 Å². The van der Waals surface area contributed by atoms with Crippen molar-refractivity contribution in [2.75, 3.05) is 26.6 Å². The highest BCUT2D eigenvalue weighted by Gasteiger charge is 2.30. The second-order valence-corrected chi connectivity index (χ2v) is 7.51. The molecule has 0 spiro atoms. The fourth-order valence-electron chi connectivity index (χ4n) is 3.03. The summed E-state index contributed by atoms with van der Waals surface area (Å²) in [5.74, 6) is 2.36. The Labute approximate surface area is 174 Å². The predicted octanol–water partition coefficient (Wildman–Crippen LogP) is 3.47.